The Bertz CT molecular complexity index is 1280. The van der Waals surface area contributed by atoms with Crippen LogP contribution in [0.3, 0.4) is 0 Å². The van der Waals surface area contributed by atoms with Gasteiger partial charge in [0.05, 0.1) is 24.3 Å². The quantitative estimate of drug-likeness (QED) is 0.110. The lowest BCUT2D eigenvalue weighted by atomic mass is 10.2. The standard InChI is InChI=1S/C19H32N8O8S4/c1-2-3-4-9-18(36(28,29)24-14-5-10-20)19(37(30,31)25-15-6-11-21,38(32,33)26-16-7-12-22)39(34,35)27-17-8-13-23/h18,24-27H,2-9,14-17H2,1H3. The maximum absolute atomic E-state index is 13.8. The summed E-state index contributed by atoms with van der Waals surface area (Å²) in [6.45, 7) is -1.14. The lowest BCUT2D eigenvalue weighted by Crippen LogP contribution is -2.71. The molecule has 0 aliphatic carbocycles. The molecular weight excluding hydrogens is 597 g/mol. The number of sulfonamides is 4. The van der Waals surface area contributed by atoms with Gasteiger partial charge in [-0.3, -0.25) is 0 Å². The average Bonchev–Trinajstić information content (AvgIpc) is 2.83. The number of nitrogens with one attached hydrogen (secondary N) is 4. The monoisotopic (exact) mass is 628 g/mol. The fraction of sp³-hybridized carbons (Fsp3) is 0.789. The van der Waals surface area contributed by atoms with Gasteiger partial charge in [-0.25, -0.2) is 52.6 Å². The van der Waals surface area contributed by atoms with Gasteiger partial charge >= 0.3 is 3.41 Å². The van der Waals surface area contributed by atoms with Crippen LogP contribution < -0.4 is 18.9 Å². The van der Waals surface area contributed by atoms with Crippen molar-refractivity contribution >= 4 is 40.1 Å². The molecule has 0 amide bonds. The van der Waals surface area contributed by atoms with E-state index in [2.05, 4.69) is 0 Å². The summed E-state index contributed by atoms with van der Waals surface area (Å²) in [6.07, 6.45) is -2.11. The predicted molar refractivity (Wildman–Crippen MR) is 139 cm³/mol. The van der Waals surface area contributed by atoms with Gasteiger partial charge in [0.15, 0.2) is 0 Å². The van der Waals surface area contributed by atoms with Crippen LogP contribution in [0.1, 0.15) is 58.3 Å². The van der Waals surface area contributed by atoms with Crippen LogP contribution in [0, 0.1) is 45.3 Å². The number of nitrogens with zero attached hydrogens (tertiary/aromatic N) is 4. The fourth-order valence-corrected chi connectivity index (χ4v) is 14.8. The summed E-state index contributed by atoms with van der Waals surface area (Å²) >= 11 is 0. The summed E-state index contributed by atoms with van der Waals surface area (Å²) < 4.78 is 113. The Morgan fingerprint density at radius 2 is 0.923 bits per heavy atom. The molecule has 0 bridgehead atoms. The largest absolute Gasteiger partial charge is 0.330 e. The molecule has 0 saturated carbocycles. The van der Waals surface area contributed by atoms with E-state index in [0.717, 1.165) is 0 Å². The highest BCUT2D eigenvalue weighted by molar-refractivity contribution is 8.25. The molecule has 0 heterocycles. The third kappa shape index (κ3) is 9.34. The second kappa shape index (κ2) is 16.6. The average molecular weight is 629 g/mol. The van der Waals surface area contributed by atoms with E-state index in [0.29, 0.717) is 6.42 Å². The minimum absolute atomic E-state index is 0.114. The van der Waals surface area contributed by atoms with Gasteiger partial charge in [-0.2, -0.15) is 21.0 Å². The van der Waals surface area contributed by atoms with Crippen molar-refractivity contribution in [2.45, 2.75) is 67.0 Å². The van der Waals surface area contributed by atoms with Crippen molar-refractivity contribution in [3.05, 3.63) is 0 Å². The molecule has 0 radical (unpaired) electrons. The van der Waals surface area contributed by atoms with Crippen LogP contribution >= 0.6 is 0 Å². The Morgan fingerprint density at radius 3 is 1.23 bits per heavy atom. The summed E-state index contributed by atoms with van der Waals surface area (Å²) in [4.78, 5) is 0. The molecule has 39 heavy (non-hydrogen) atoms. The van der Waals surface area contributed by atoms with E-state index >= 15 is 0 Å². The maximum Gasteiger partial charge on any atom is 0.330 e. The highest BCUT2D eigenvalue weighted by Gasteiger charge is 2.72. The van der Waals surface area contributed by atoms with Crippen molar-refractivity contribution in [2.24, 2.45) is 0 Å². The van der Waals surface area contributed by atoms with E-state index in [1.807, 2.05) is 4.72 Å². The first-order chi connectivity index (χ1) is 18.2. The van der Waals surface area contributed by atoms with Gasteiger partial charge in [-0.15, -0.1) is 0 Å². The molecule has 1 unspecified atom stereocenters. The first kappa shape index (κ1) is 36.6. The van der Waals surface area contributed by atoms with Crippen molar-refractivity contribution in [2.75, 3.05) is 26.2 Å². The lowest BCUT2D eigenvalue weighted by molar-refractivity contribution is 0.496. The highest BCUT2D eigenvalue weighted by Crippen LogP contribution is 2.39. The zero-order chi connectivity index (χ0) is 30.2. The Labute approximate surface area is 230 Å². The Kier molecular flexibility index (Phi) is 15.6. The van der Waals surface area contributed by atoms with E-state index < -0.39 is 107 Å². The third-order valence-electron chi connectivity index (χ3n) is 5.09. The zero-order valence-corrected chi connectivity index (χ0v) is 24.5. The van der Waals surface area contributed by atoms with E-state index in [-0.39, 0.29) is 12.8 Å². The van der Waals surface area contributed by atoms with Crippen molar-refractivity contribution < 1.29 is 33.7 Å². The molecular formula is C19H32N8O8S4. The topological polar surface area (TPSA) is 280 Å². The van der Waals surface area contributed by atoms with Gasteiger partial charge in [0.1, 0.15) is 5.25 Å². The molecule has 0 aromatic carbocycles. The first-order valence-electron chi connectivity index (χ1n) is 11.6. The van der Waals surface area contributed by atoms with Crippen LogP contribution in [0.15, 0.2) is 0 Å². The van der Waals surface area contributed by atoms with Gasteiger partial charge in [0.2, 0.25) is 10.0 Å². The minimum atomic E-state index is -5.75. The predicted octanol–water partition coefficient (Wildman–Crippen LogP) is -1.08. The molecule has 16 nitrogen and oxygen atoms in total. The first-order valence-corrected chi connectivity index (χ1v) is 17.6. The normalized spacial score (nSPS) is 13.5. The van der Waals surface area contributed by atoms with Crippen LogP contribution in [-0.4, -0.2) is 68.5 Å². The summed E-state index contributed by atoms with van der Waals surface area (Å²) in [5.74, 6) is 0. The molecule has 0 fully saturated rings. The summed E-state index contributed by atoms with van der Waals surface area (Å²) in [5, 5.41) is 32.6. The molecule has 0 aliphatic rings. The van der Waals surface area contributed by atoms with Gasteiger partial charge < -0.3 is 0 Å². The van der Waals surface area contributed by atoms with Crippen molar-refractivity contribution in [3.63, 3.8) is 0 Å². The Balaban J connectivity index is 7.84. The molecule has 0 aromatic rings. The number of hydrogen-bond donors (Lipinski definition) is 4. The van der Waals surface area contributed by atoms with Crippen LogP contribution in [0.2, 0.25) is 0 Å². The van der Waals surface area contributed by atoms with E-state index in [9.17, 15) is 33.7 Å². The molecule has 0 saturated heterocycles. The fourth-order valence-electron chi connectivity index (χ4n) is 3.43. The minimum Gasteiger partial charge on any atom is -0.214 e. The van der Waals surface area contributed by atoms with Crippen LogP contribution in [0.5, 0.6) is 0 Å². The molecule has 0 spiro atoms. The molecule has 0 aliphatic heterocycles. The maximum atomic E-state index is 13.8. The van der Waals surface area contributed by atoms with E-state index in [1.54, 1.807) is 45.4 Å². The molecule has 20 heteroatoms. The number of hydrogen-bond acceptors (Lipinski definition) is 12. The molecule has 220 valence electrons. The smallest absolute Gasteiger partial charge is 0.214 e. The van der Waals surface area contributed by atoms with Crippen molar-refractivity contribution in [1.29, 1.82) is 21.0 Å². The number of rotatable bonds is 21. The SMILES string of the molecule is CCCCCC(C(S(=O)(=O)NCCC#N)(S(=O)(=O)NCCC#N)S(=O)(=O)NCCC#N)S(=O)(=O)NCCC#N. The number of nitriles is 4. The van der Waals surface area contributed by atoms with Gasteiger partial charge in [-0.05, 0) is 6.42 Å². The van der Waals surface area contributed by atoms with Crippen LogP contribution in [-0.2, 0) is 40.1 Å². The van der Waals surface area contributed by atoms with Crippen LogP contribution in [0.4, 0.5) is 0 Å². The summed E-state index contributed by atoms with van der Waals surface area (Å²) in [5.41, 5.74) is 0. The second-order valence-electron chi connectivity index (χ2n) is 7.85. The van der Waals surface area contributed by atoms with Gasteiger partial charge in [0.25, 0.3) is 30.1 Å². The lowest BCUT2D eigenvalue weighted by Gasteiger charge is -2.37. The Morgan fingerprint density at radius 1 is 0.590 bits per heavy atom. The number of unbranched alkanes of at least 4 members (excludes halogenated alkanes) is 2. The third-order valence-corrected chi connectivity index (χ3v) is 16.3. The molecule has 0 rings (SSSR count). The zero-order valence-electron chi connectivity index (χ0n) is 21.3. The van der Waals surface area contributed by atoms with Crippen LogP contribution in [0.25, 0.3) is 0 Å². The summed E-state index contributed by atoms with van der Waals surface area (Å²) in [7, 11) is -22.4. The van der Waals surface area contributed by atoms with Crippen molar-refractivity contribution in [1.82, 2.24) is 18.9 Å². The highest BCUT2D eigenvalue weighted by atomic mass is 32.3. The molecule has 0 aromatic heterocycles. The van der Waals surface area contributed by atoms with E-state index in [1.165, 1.54) is 0 Å². The van der Waals surface area contributed by atoms with Crippen molar-refractivity contribution in [3.8, 4) is 24.3 Å². The van der Waals surface area contributed by atoms with E-state index in [4.69, 9.17) is 21.0 Å². The molecule has 1 atom stereocenters. The second-order valence-corrected chi connectivity index (χ2v) is 16.4. The summed E-state index contributed by atoms with van der Waals surface area (Å²) in [6, 6.07) is 6.45. The molecule has 4 N–H and O–H groups in total. The van der Waals surface area contributed by atoms with Gasteiger partial charge in [-0.1, -0.05) is 26.2 Å². The van der Waals surface area contributed by atoms with Gasteiger partial charge in [0, 0.05) is 51.9 Å². The Hall–Kier alpha value is -2.40.